The molecule has 1 fully saturated rings. The number of hydrogen-bond acceptors (Lipinski definition) is 3. The van der Waals surface area contributed by atoms with Crippen LogP contribution in [0, 0.1) is 5.82 Å². The quantitative estimate of drug-likeness (QED) is 0.458. The lowest BCUT2D eigenvalue weighted by Gasteiger charge is -2.36. The van der Waals surface area contributed by atoms with E-state index in [-0.39, 0.29) is 17.5 Å². The minimum absolute atomic E-state index is 0.149. The standard InChI is InChI=1S/C27H26FN3O2/c28-20-7-5-19(6-8-20)27-24(23-3-1-2-4-25(23)29-27)13-14-26(33)31-17-15-30(16-18-31)21-9-11-22(32)12-10-21/h1-12,29,32H,13-18H2. The molecule has 1 saturated heterocycles. The highest BCUT2D eigenvalue weighted by molar-refractivity contribution is 5.91. The average molecular weight is 444 g/mol. The molecule has 0 atom stereocenters. The molecule has 1 aliphatic rings. The maximum atomic E-state index is 13.4. The number of amides is 1. The van der Waals surface area contributed by atoms with Crippen molar-refractivity contribution >= 4 is 22.5 Å². The number of phenols is 1. The van der Waals surface area contributed by atoms with Gasteiger partial charge in [-0.05, 0) is 72.1 Å². The highest BCUT2D eigenvalue weighted by Crippen LogP contribution is 2.31. The number of para-hydroxylation sites is 1. The minimum Gasteiger partial charge on any atom is -0.508 e. The molecule has 0 saturated carbocycles. The van der Waals surface area contributed by atoms with Crippen LogP contribution >= 0.6 is 0 Å². The van der Waals surface area contributed by atoms with Gasteiger partial charge in [-0.2, -0.15) is 0 Å². The van der Waals surface area contributed by atoms with Gasteiger partial charge < -0.3 is 19.9 Å². The summed E-state index contributed by atoms with van der Waals surface area (Å²) < 4.78 is 13.4. The van der Waals surface area contributed by atoms with E-state index in [1.54, 1.807) is 24.3 Å². The number of H-pyrrole nitrogens is 1. The van der Waals surface area contributed by atoms with Crippen LogP contribution in [-0.2, 0) is 11.2 Å². The first-order chi connectivity index (χ1) is 16.1. The van der Waals surface area contributed by atoms with Crippen LogP contribution in [0.1, 0.15) is 12.0 Å². The van der Waals surface area contributed by atoms with Crippen molar-refractivity contribution in [1.29, 1.82) is 0 Å². The van der Waals surface area contributed by atoms with E-state index in [2.05, 4.69) is 16.0 Å². The van der Waals surface area contributed by atoms with Gasteiger partial charge >= 0.3 is 0 Å². The van der Waals surface area contributed by atoms with Crippen molar-refractivity contribution in [2.45, 2.75) is 12.8 Å². The molecule has 0 bridgehead atoms. The van der Waals surface area contributed by atoms with Crippen molar-refractivity contribution in [3.05, 3.63) is 84.2 Å². The predicted octanol–water partition coefficient (Wildman–Crippen LogP) is 4.96. The number of halogens is 1. The SMILES string of the molecule is O=C(CCc1c(-c2ccc(F)cc2)[nH]c2ccccc12)N1CCN(c2ccc(O)cc2)CC1. The number of nitrogens with one attached hydrogen (secondary N) is 1. The van der Waals surface area contributed by atoms with Crippen molar-refractivity contribution in [2.75, 3.05) is 31.1 Å². The zero-order valence-electron chi connectivity index (χ0n) is 18.3. The van der Waals surface area contributed by atoms with Gasteiger partial charge in [0.2, 0.25) is 5.91 Å². The fraction of sp³-hybridized carbons (Fsp3) is 0.222. The monoisotopic (exact) mass is 443 g/mol. The third-order valence-electron chi connectivity index (χ3n) is 6.38. The summed E-state index contributed by atoms with van der Waals surface area (Å²) in [5, 5.41) is 10.6. The maximum Gasteiger partial charge on any atom is 0.223 e. The van der Waals surface area contributed by atoms with Crippen molar-refractivity contribution in [3.63, 3.8) is 0 Å². The Morgan fingerprint density at radius 2 is 1.61 bits per heavy atom. The van der Waals surface area contributed by atoms with Gasteiger partial charge in [0.05, 0.1) is 0 Å². The number of benzene rings is 3. The molecule has 2 heterocycles. The van der Waals surface area contributed by atoms with Crippen LogP contribution in [0.3, 0.4) is 0 Å². The third kappa shape index (κ3) is 4.42. The summed E-state index contributed by atoms with van der Waals surface area (Å²) in [6.45, 7) is 2.89. The number of nitrogens with zero attached hydrogens (tertiary/aromatic N) is 2. The molecule has 0 unspecified atom stereocenters. The molecule has 33 heavy (non-hydrogen) atoms. The highest BCUT2D eigenvalue weighted by atomic mass is 19.1. The lowest BCUT2D eigenvalue weighted by Crippen LogP contribution is -2.48. The molecule has 3 aromatic carbocycles. The van der Waals surface area contributed by atoms with Crippen molar-refractivity contribution in [3.8, 4) is 17.0 Å². The van der Waals surface area contributed by atoms with E-state index in [0.29, 0.717) is 25.9 Å². The third-order valence-corrected chi connectivity index (χ3v) is 6.38. The number of carbonyl (C=O) groups excluding carboxylic acids is 1. The predicted molar refractivity (Wildman–Crippen MR) is 129 cm³/mol. The van der Waals surface area contributed by atoms with E-state index in [1.807, 2.05) is 35.2 Å². The van der Waals surface area contributed by atoms with E-state index in [1.165, 1.54) is 12.1 Å². The summed E-state index contributed by atoms with van der Waals surface area (Å²) >= 11 is 0. The number of phenolic OH excluding ortho intramolecular Hbond substituents is 1. The van der Waals surface area contributed by atoms with Crippen LogP contribution in [0.4, 0.5) is 10.1 Å². The number of aromatic hydroxyl groups is 1. The number of rotatable bonds is 5. The van der Waals surface area contributed by atoms with E-state index in [0.717, 1.165) is 46.5 Å². The summed E-state index contributed by atoms with van der Waals surface area (Å²) in [4.78, 5) is 20.6. The van der Waals surface area contributed by atoms with Gasteiger partial charge in [0.1, 0.15) is 11.6 Å². The second-order valence-electron chi connectivity index (χ2n) is 8.42. The molecule has 1 aromatic heterocycles. The Kier molecular flexibility index (Phi) is 5.73. The van der Waals surface area contributed by atoms with E-state index >= 15 is 0 Å². The molecule has 168 valence electrons. The topological polar surface area (TPSA) is 59.6 Å². The van der Waals surface area contributed by atoms with Gasteiger partial charge in [0.25, 0.3) is 0 Å². The number of carbonyl (C=O) groups is 1. The number of fused-ring (bicyclic) bond motifs is 1. The molecule has 1 aliphatic heterocycles. The minimum atomic E-state index is -0.266. The van der Waals surface area contributed by atoms with Gasteiger partial charge in [-0.15, -0.1) is 0 Å². The number of aromatic amines is 1. The molecular formula is C27H26FN3O2. The maximum absolute atomic E-state index is 13.4. The Balaban J connectivity index is 1.28. The molecule has 0 radical (unpaired) electrons. The van der Waals surface area contributed by atoms with Gasteiger partial charge in [-0.25, -0.2) is 4.39 Å². The fourth-order valence-electron chi connectivity index (χ4n) is 4.59. The van der Waals surface area contributed by atoms with E-state index < -0.39 is 0 Å². The number of piperazine rings is 1. The smallest absolute Gasteiger partial charge is 0.223 e. The molecule has 4 aromatic rings. The van der Waals surface area contributed by atoms with Crippen molar-refractivity contribution in [1.82, 2.24) is 9.88 Å². The average Bonchev–Trinajstić information content (AvgIpc) is 3.22. The number of hydrogen-bond donors (Lipinski definition) is 2. The Morgan fingerprint density at radius 1 is 0.909 bits per heavy atom. The van der Waals surface area contributed by atoms with Gasteiger partial charge in [-0.1, -0.05) is 18.2 Å². The largest absolute Gasteiger partial charge is 0.508 e. The molecule has 6 heteroatoms. The number of aryl methyl sites for hydroxylation is 1. The zero-order valence-corrected chi connectivity index (χ0v) is 18.3. The lowest BCUT2D eigenvalue weighted by atomic mass is 10.0. The van der Waals surface area contributed by atoms with Crippen LogP contribution in [0.5, 0.6) is 5.75 Å². The Labute approximate surface area is 192 Å². The molecule has 1 amide bonds. The van der Waals surface area contributed by atoms with Crippen molar-refractivity contribution < 1.29 is 14.3 Å². The first-order valence-corrected chi connectivity index (χ1v) is 11.3. The Bertz CT molecular complexity index is 1260. The molecule has 5 nitrogen and oxygen atoms in total. The normalized spacial score (nSPS) is 14.1. The van der Waals surface area contributed by atoms with Crippen LogP contribution < -0.4 is 4.90 Å². The molecule has 0 aliphatic carbocycles. The van der Waals surface area contributed by atoms with E-state index in [9.17, 15) is 14.3 Å². The molecular weight excluding hydrogens is 417 g/mol. The summed E-state index contributed by atoms with van der Waals surface area (Å²) in [7, 11) is 0. The van der Waals surface area contributed by atoms with E-state index in [4.69, 9.17) is 0 Å². The van der Waals surface area contributed by atoms with Crippen LogP contribution in [0.25, 0.3) is 22.2 Å². The van der Waals surface area contributed by atoms with Crippen LogP contribution in [-0.4, -0.2) is 47.1 Å². The van der Waals surface area contributed by atoms with Gasteiger partial charge in [0.15, 0.2) is 0 Å². The lowest BCUT2D eigenvalue weighted by molar-refractivity contribution is -0.131. The number of aromatic nitrogens is 1. The van der Waals surface area contributed by atoms with Crippen molar-refractivity contribution in [2.24, 2.45) is 0 Å². The second-order valence-corrected chi connectivity index (χ2v) is 8.42. The molecule has 5 rings (SSSR count). The summed E-state index contributed by atoms with van der Waals surface area (Å²) in [5.41, 5.74) is 5.02. The summed E-state index contributed by atoms with van der Waals surface area (Å²) in [6.07, 6.45) is 1.04. The molecule has 0 spiro atoms. The fourth-order valence-corrected chi connectivity index (χ4v) is 4.59. The first-order valence-electron chi connectivity index (χ1n) is 11.3. The number of anilines is 1. The Morgan fingerprint density at radius 3 is 2.33 bits per heavy atom. The van der Waals surface area contributed by atoms with Crippen LogP contribution in [0.2, 0.25) is 0 Å². The first kappa shape index (κ1) is 21.1. The van der Waals surface area contributed by atoms with Gasteiger partial charge in [-0.3, -0.25) is 4.79 Å². The summed E-state index contributed by atoms with van der Waals surface area (Å²) in [5.74, 6) is 0.138. The second kappa shape index (κ2) is 8.98. The highest BCUT2D eigenvalue weighted by Gasteiger charge is 2.22. The van der Waals surface area contributed by atoms with Crippen LogP contribution in [0.15, 0.2) is 72.8 Å². The summed E-state index contributed by atoms with van der Waals surface area (Å²) in [6, 6.07) is 21.7. The molecule has 2 N–H and O–H groups in total. The van der Waals surface area contributed by atoms with Gasteiger partial charge in [0, 0.05) is 54.9 Å². The Hall–Kier alpha value is -3.80. The zero-order chi connectivity index (χ0) is 22.8.